The first kappa shape index (κ1) is 18.6. The number of rotatable bonds is 6. The molecule has 0 spiro atoms. The Kier molecular flexibility index (Phi) is 5.21. The molecule has 27 heavy (non-hydrogen) atoms. The highest BCUT2D eigenvalue weighted by Gasteiger charge is 2.25. The predicted molar refractivity (Wildman–Crippen MR) is 103 cm³/mol. The van der Waals surface area contributed by atoms with Crippen LogP contribution in [0.5, 0.6) is 11.5 Å². The number of fused-ring (bicyclic) bond motifs is 1. The number of amides is 1. The fraction of sp³-hybridized carbons (Fsp3) is 0.300. The lowest BCUT2D eigenvalue weighted by Gasteiger charge is -2.22. The highest BCUT2D eigenvalue weighted by Crippen LogP contribution is 2.34. The van der Waals surface area contributed by atoms with Crippen LogP contribution in [0.2, 0.25) is 0 Å². The molecule has 1 aromatic heterocycles. The van der Waals surface area contributed by atoms with Crippen LogP contribution in [0.3, 0.4) is 0 Å². The number of carbonyl (C=O) groups is 1. The molecule has 1 heterocycles. The van der Waals surface area contributed by atoms with Gasteiger partial charge in [0.1, 0.15) is 0 Å². The Hall–Kier alpha value is -3.22. The lowest BCUT2D eigenvalue weighted by Crippen LogP contribution is -2.25. The van der Waals surface area contributed by atoms with Gasteiger partial charge in [-0.2, -0.15) is 0 Å². The van der Waals surface area contributed by atoms with Gasteiger partial charge in [-0.05, 0) is 35.7 Å². The summed E-state index contributed by atoms with van der Waals surface area (Å²) in [5.41, 5.74) is 2.36. The number of hydrogen-bond acceptors (Lipinski definition) is 5. The van der Waals surface area contributed by atoms with Gasteiger partial charge in [-0.25, -0.2) is 4.79 Å². The van der Waals surface area contributed by atoms with E-state index in [2.05, 4.69) is 10.3 Å². The maximum atomic E-state index is 13.0. The summed E-state index contributed by atoms with van der Waals surface area (Å²) in [7, 11) is 3.13. The van der Waals surface area contributed by atoms with E-state index < -0.39 is 11.7 Å². The summed E-state index contributed by atoms with van der Waals surface area (Å²) in [6.45, 7) is 3.96. The standard InChI is InChI=1S/C20H22N2O5/c1-11(2)18(12-5-8-15(25-3)17(9-12)26-4)19(23)21-13-6-7-14-16(10-13)27-20(24)22-14/h5-11,18H,1-4H3,(H,21,23)(H,22,24). The molecular formula is C20H22N2O5. The van der Waals surface area contributed by atoms with Crippen LogP contribution in [-0.4, -0.2) is 25.1 Å². The summed E-state index contributed by atoms with van der Waals surface area (Å²) >= 11 is 0. The van der Waals surface area contributed by atoms with Gasteiger partial charge in [0.25, 0.3) is 0 Å². The van der Waals surface area contributed by atoms with Gasteiger partial charge in [0.15, 0.2) is 17.1 Å². The topological polar surface area (TPSA) is 93.6 Å². The van der Waals surface area contributed by atoms with Crippen molar-refractivity contribution in [1.82, 2.24) is 4.98 Å². The zero-order valence-electron chi connectivity index (χ0n) is 15.7. The zero-order chi connectivity index (χ0) is 19.6. The third kappa shape index (κ3) is 3.81. The van der Waals surface area contributed by atoms with Crippen LogP contribution in [0.15, 0.2) is 45.6 Å². The lowest BCUT2D eigenvalue weighted by atomic mass is 9.87. The molecule has 2 aromatic carbocycles. The molecule has 142 valence electrons. The number of oxazole rings is 1. The van der Waals surface area contributed by atoms with Crippen molar-refractivity contribution in [3.63, 3.8) is 0 Å². The highest BCUT2D eigenvalue weighted by molar-refractivity contribution is 5.97. The smallest absolute Gasteiger partial charge is 0.417 e. The van der Waals surface area contributed by atoms with E-state index in [0.29, 0.717) is 28.3 Å². The second-order valence-corrected chi connectivity index (χ2v) is 6.55. The van der Waals surface area contributed by atoms with Crippen molar-refractivity contribution >= 4 is 22.7 Å². The average Bonchev–Trinajstić information content (AvgIpc) is 3.00. The fourth-order valence-electron chi connectivity index (χ4n) is 3.13. The van der Waals surface area contributed by atoms with Gasteiger partial charge in [0, 0.05) is 11.8 Å². The van der Waals surface area contributed by atoms with Crippen LogP contribution < -0.4 is 20.5 Å². The maximum Gasteiger partial charge on any atom is 0.417 e. The molecule has 1 unspecified atom stereocenters. The molecule has 0 fully saturated rings. The second kappa shape index (κ2) is 7.57. The van der Waals surface area contributed by atoms with Crippen molar-refractivity contribution in [1.29, 1.82) is 0 Å². The van der Waals surface area contributed by atoms with Crippen molar-refractivity contribution in [2.45, 2.75) is 19.8 Å². The number of anilines is 1. The third-order valence-corrected chi connectivity index (χ3v) is 4.40. The van der Waals surface area contributed by atoms with Gasteiger partial charge in [-0.15, -0.1) is 0 Å². The van der Waals surface area contributed by atoms with Crippen LogP contribution in [0, 0.1) is 5.92 Å². The molecule has 0 radical (unpaired) electrons. The van der Waals surface area contributed by atoms with Gasteiger partial charge in [0.2, 0.25) is 5.91 Å². The van der Waals surface area contributed by atoms with Crippen LogP contribution in [0.4, 0.5) is 5.69 Å². The summed E-state index contributed by atoms with van der Waals surface area (Å²) in [5, 5.41) is 2.90. The van der Waals surface area contributed by atoms with E-state index >= 15 is 0 Å². The Morgan fingerprint density at radius 3 is 2.48 bits per heavy atom. The van der Waals surface area contributed by atoms with E-state index in [1.807, 2.05) is 26.0 Å². The molecule has 7 nitrogen and oxygen atoms in total. The van der Waals surface area contributed by atoms with E-state index in [4.69, 9.17) is 13.9 Å². The van der Waals surface area contributed by atoms with Gasteiger partial charge in [-0.3, -0.25) is 9.78 Å². The SMILES string of the molecule is COc1ccc(C(C(=O)Nc2ccc3[nH]c(=O)oc3c2)C(C)C)cc1OC. The monoisotopic (exact) mass is 370 g/mol. The number of carbonyl (C=O) groups excluding carboxylic acids is 1. The Labute approximate surface area is 156 Å². The van der Waals surface area contributed by atoms with Gasteiger partial charge in [0.05, 0.1) is 25.7 Å². The van der Waals surface area contributed by atoms with Crippen LogP contribution in [-0.2, 0) is 4.79 Å². The first-order chi connectivity index (χ1) is 12.9. The van der Waals surface area contributed by atoms with E-state index in [9.17, 15) is 9.59 Å². The summed E-state index contributed by atoms with van der Waals surface area (Å²) in [5.74, 6) is 0.158. The van der Waals surface area contributed by atoms with Crippen molar-refractivity contribution in [2.75, 3.05) is 19.5 Å². The number of H-pyrrole nitrogens is 1. The molecule has 0 bridgehead atoms. The minimum atomic E-state index is -0.529. The average molecular weight is 370 g/mol. The molecule has 3 rings (SSSR count). The van der Waals surface area contributed by atoms with E-state index in [0.717, 1.165) is 5.56 Å². The number of aromatic nitrogens is 1. The van der Waals surface area contributed by atoms with Crippen LogP contribution in [0.1, 0.15) is 25.3 Å². The lowest BCUT2D eigenvalue weighted by molar-refractivity contribution is -0.118. The Bertz CT molecular complexity index is 1020. The van der Waals surface area contributed by atoms with Crippen molar-refractivity contribution in [3.05, 3.63) is 52.5 Å². The minimum Gasteiger partial charge on any atom is -0.493 e. The first-order valence-corrected chi connectivity index (χ1v) is 8.58. The third-order valence-electron chi connectivity index (χ3n) is 4.40. The van der Waals surface area contributed by atoms with E-state index in [1.165, 1.54) is 0 Å². The number of aromatic amines is 1. The van der Waals surface area contributed by atoms with Gasteiger partial charge >= 0.3 is 5.76 Å². The summed E-state index contributed by atoms with van der Waals surface area (Å²) < 4.78 is 15.7. The number of methoxy groups -OCH3 is 2. The zero-order valence-corrected chi connectivity index (χ0v) is 15.7. The first-order valence-electron chi connectivity index (χ1n) is 8.58. The Morgan fingerprint density at radius 1 is 1.07 bits per heavy atom. The number of benzene rings is 2. The summed E-state index contributed by atoms with van der Waals surface area (Å²) in [6, 6.07) is 10.5. The van der Waals surface area contributed by atoms with E-state index in [1.54, 1.807) is 38.5 Å². The second-order valence-electron chi connectivity index (χ2n) is 6.55. The van der Waals surface area contributed by atoms with Crippen molar-refractivity contribution < 1.29 is 18.7 Å². The largest absolute Gasteiger partial charge is 0.493 e. The van der Waals surface area contributed by atoms with Crippen LogP contribution in [0.25, 0.3) is 11.1 Å². The Balaban J connectivity index is 1.89. The van der Waals surface area contributed by atoms with Crippen molar-refractivity contribution in [3.8, 4) is 11.5 Å². The van der Waals surface area contributed by atoms with Gasteiger partial charge in [-0.1, -0.05) is 19.9 Å². The molecule has 0 aliphatic heterocycles. The molecule has 1 amide bonds. The molecule has 2 N–H and O–H groups in total. The summed E-state index contributed by atoms with van der Waals surface area (Å²) in [6.07, 6.45) is 0. The minimum absolute atomic E-state index is 0.0528. The molecule has 3 aromatic rings. The fourth-order valence-corrected chi connectivity index (χ4v) is 3.13. The molecule has 7 heteroatoms. The van der Waals surface area contributed by atoms with Crippen LogP contribution >= 0.6 is 0 Å². The normalized spacial score (nSPS) is 12.2. The molecule has 0 aliphatic rings. The molecule has 1 atom stereocenters. The maximum absolute atomic E-state index is 13.0. The number of hydrogen-bond donors (Lipinski definition) is 2. The van der Waals surface area contributed by atoms with Gasteiger partial charge < -0.3 is 19.2 Å². The quantitative estimate of drug-likeness (QED) is 0.692. The predicted octanol–water partition coefficient (Wildman–Crippen LogP) is 3.52. The molecule has 0 saturated carbocycles. The van der Waals surface area contributed by atoms with E-state index in [-0.39, 0.29) is 11.8 Å². The highest BCUT2D eigenvalue weighted by atomic mass is 16.5. The summed E-state index contributed by atoms with van der Waals surface area (Å²) in [4.78, 5) is 26.8. The number of nitrogens with one attached hydrogen (secondary N) is 2. The Morgan fingerprint density at radius 2 is 1.81 bits per heavy atom. The molecule has 0 aliphatic carbocycles. The van der Waals surface area contributed by atoms with Crippen molar-refractivity contribution in [2.24, 2.45) is 5.92 Å². The molecule has 0 saturated heterocycles. The number of ether oxygens (including phenoxy) is 2. The molecular weight excluding hydrogens is 348 g/mol.